The molecule has 32 heavy (non-hydrogen) atoms. The minimum absolute atomic E-state index is 0.0164. The molecule has 1 amide bonds. The smallest absolute Gasteiger partial charge is 0.412 e. The minimum Gasteiger partial charge on any atom is -0.506 e. The molecule has 6 nitrogen and oxygen atoms in total. The number of rotatable bonds is 9. The largest absolute Gasteiger partial charge is 0.506 e. The monoisotopic (exact) mass is 605 g/mol. The molecule has 174 valence electrons. The van der Waals surface area contributed by atoms with E-state index < -0.39 is 23.6 Å². The summed E-state index contributed by atoms with van der Waals surface area (Å²) in [5, 5.41) is 13.4. The van der Waals surface area contributed by atoms with Gasteiger partial charge in [0.2, 0.25) is 0 Å². The van der Waals surface area contributed by atoms with Gasteiger partial charge in [-0.2, -0.15) is 12.6 Å². The molecule has 0 unspecified atom stereocenters. The van der Waals surface area contributed by atoms with Gasteiger partial charge in [-0.15, -0.1) is 11.8 Å². The second-order valence-electron chi connectivity index (χ2n) is 7.58. The van der Waals surface area contributed by atoms with Gasteiger partial charge in [0.15, 0.2) is 0 Å². The lowest BCUT2D eigenvalue weighted by Gasteiger charge is -2.34. The third-order valence-electron chi connectivity index (χ3n) is 4.75. The van der Waals surface area contributed by atoms with Gasteiger partial charge in [-0.1, -0.05) is 29.8 Å². The molecular weight excluding hydrogens is 582 g/mol. The van der Waals surface area contributed by atoms with E-state index in [1.165, 1.54) is 0 Å². The van der Waals surface area contributed by atoms with E-state index in [1.54, 1.807) is 36.0 Å². The van der Waals surface area contributed by atoms with Crippen LogP contribution in [-0.4, -0.2) is 35.8 Å². The average molecular weight is 607 g/mol. The van der Waals surface area contributed by atoms with Crippen molar-refractivity contribution in [2.45, 2.75) is 31.3 Å². The Morgan fingerprint density at radius 1 is 1.22 bits per heavy atom. The molecule has 0 aromatic heterocycles. The van der Waals surface area contributed by atoms with E-state index in [9.17, 15) is 14.7 Å². The maximum absolute atomic E-state index is 12.8. The van der Waals surface area contributed by atoms with Gasteiger partial charge in [0.25, 0.3) is 0 Å². The average Bonchev–Trinajstić information content (AvgIpc) is 2.74. The Morgan fingerprint density at radius 2 is 1.88 bits per heavy atom. The summed E-state index contributed by atoms with van der Waals surface area (Å²) in [6, 6.07) is 10.8. The van der Waals surface area contributed by atoms with Gasteiger partial charge in [-0.25, -0.2) is 4.79 Å². The van der Waals surface area contributed by atoms with E-state index in [4.69, 9.17) is 9.47 Å². The molecule has 2 N–H and O–H groups in total. The standard InChI is InChI=1S/C22H25Br2NO5S2/c1-22(2,8-9-29-18(26)12-31)20(16-10-13(23)11-17(24)19(16)27)30-21(28)25-14-4-6-15(32-3)7-5-14/h4-7,10-11,20,27,31H,8-9,12H2,1-3H3,(H,25,28)/t20-/m1/s1. The zero-order chi connectivity index (χ0) is 23.9. The number of ether oxygens (including phenoxy) is 2. The molecule has 1 atom stereocenters. The third-order valence-corrected chi connectivity index (χ3v) is 6.81. The molecule has 0 aliphatic rings. The predicted molar refractivity (Wildman–Crippen MR) is 138 cm³/mol. The molecule has 2 aromatic rings. The molecule has 0 saturated heterocycles. The number of amides is 1. The number of nitrogens with one attached hydrogen (secondary N) is 1. The fourth-order valence-corrected chi connectivity index (χ4v) is 4.72. The number of aromatic hydroxyl groups is 1. The van der Waals surface area contributed by atoms with Crippen LogP contribution in [0, 0.1) is 5.41 Å². The van der Waals surface area contributed by atoms with Gasteiger partial charge < -0.3 is 14.6 Å². The molecule has 0 bridgehead atoms. The Hall–Kier alpha value is -1.36. The Bertz CT molecular complexity index is 954. The van der Waals surface area contributed by atoms with Crippen LogP contribution in [0.25, 0.3) is 0 Å². The molecule has 0 spiro atoms. The molecular formula is C22H25Br2NO5S2. The second-order valence-corrected chi connectivity index (χ2v) is 10.5. The summed E-state index contributed by atoms with van der Waals surface area (Å²) in [7, 11) is 0. The number of carbonyl (C=O) groups is 2. The molecule has 10 heteroatoms. The first-order chi connectivity index (χ1) is 15.1. The van der Waals surface area contributed by atoms with Crippen molar-refractivity contribution >= 4 is 74.0 Å². The zero-order valence-corrected chi connectivity index (χ0v) is 22.7. The zero-order valence-electron chi connectivity index (χ0n) is 17.9. The van der Waals surface area contributed by atoms with E-state index in [0.717, 1.165) is 4.90 Å². The summed E-state index contributed by atoms with van der Waals surface area (Å²) in [5.41, 5.74) is 0.325. The summed E-state index contributed by atoms with van der Waals surface area (Å²) in [5.74, 6) is -0.478. The van der Waals surface area contributed by atoms with E-state index in [0.29, 0.717) is 26.6 Å². The highest BCUT2D eigenvalue weighted by atomic mass is 79.9. The van der Waals surface area contributed by atoms with Crippen LogP contribution in [0.2, 0.25) is 0 Å². The number of hydrogen-bond donors (Lipinski definition) is 3. The van der Waals surface area contributed by atoms with Gasteiger partial charge in [0.05, 0.1) is 16.8 Å². The number of phenols is 1. The van der Waals surface area contributed by atoms with Crippen molar-refractivity contribution in [2.24, 2.45) is 5.41 Å². The number of thiol groups is 1. The maximum Gasteiger partial charge on any atom is 0.412 e. The number of benzene rings is 2. The van der Waals surface area contributed by atoms with Crippen molar-refractivity contribution in [3.8, 4) is 5.75 Å². The van der Waals surface area contributed by atoms with Crippen LogP contribution in [0.3, 0.4) is 0 Å². The van der Waals surface area contributed by atoms with E-state index in [2.05, 4.69) is 49.8 Å². The summed E-state index contributed by atoms with van der Waals surface area (Å²) >= 11 is 12.3. The molecule has 0 fully saturated rings. The fourth-order valence-electron chi connectivity index (χ4n) is 2.96. The lowest BCUT2D eigenvalue weighted by Crippen LogP contribution is -2.30. The van der Waals surface area contributed by atoms with Gasteiger partial charge in [0, 0.05) is 26.0 Å². The van der Waals surface area contributed by atoms with Crippen LogP contribution in [0.4, 0.5) is 10.5 Å². The topological polar surface area (TPSA) is 84.9 Å². The van der Waals surface area contributed by atoms with E-state index in [1.807, 2.05) is 32.2 Å². The summed E-state index contributed by atoms with van der Waals surface area (Å²) in [4.78, 5) is 25.3. The van der Waals surface area contributed by atoms with Crippen molar-refractivity contribution in [1.29, 1.82) is 0 Å². The van der Waals surface area contributed by atoms with Crippen molar-refractivity contribution in [3.05, 3.63) is 50.9 Å². The van der Waals surface area contributed by atoms with Crippen molar-refractivity contribution in [3.63, 3.8) is 0 Å². The molecule has 0 heterocycles. The lowest BCUT2D eigenvalue weighted by atomic mass is 9.79. The molecule has 2 aromatic carbocycles. The lowest BCUT2D eigenvalue weighted by molar-refractivity contribution is -0.141. The number of hydrogen-bond acceptors (Lipinski definition) is 7. The molecule has 0 aliphatic heterocycles. The first-order valence-electron chi connectivity index (χ1n) is 9.63. The van der Waals surface area contributed by atoms with Crippen LogP contribution >= 0.6 is 56.3 Å². The summed E-state index contributed by atoms with van der Waals surface area (Å²) in [6.07, 6.45) is 0.856. The fraction of sp³-hybridized carbons (Fsp3) is 0.364. The molecule has 2 rings (SSSR count). The van der Waals surface area contributed by atoms with Crippen LogP contribution in [0.5, 0.6) is 5.75 Å². The van der Waals surface area contributed by atoms with Gasteiger partial charge in [-0.05, 0) is 65.0 Å². The van der Waals surface area contributed by atoms with Gasteiger partial charge >= 0.3 is 12.1 Å². The highest BCUT2D eigenvalue weighted by Crippen LogP contribution is 2.46. The molecule has 0 radical (unpaired) electrons. The van der Waals surface area contributed by atoms with Crippen molar-refractivity contribution in [1.82, 2.24) is 0 Å². The van der Waals surface area contributed by atoms with E-state index >= 15 is 0 Å². The number of phenolic OH excluding ortho intramolecular Hbond substituents is 1. The minimum atomic E-state index is -0.837. The first kappa shape index (κ1) is 26.9. The maximum atomic E-state index is 12.8. The predicted octanol–water partition coefficient (Wildman–Crippen LogP) is 6.82. The number of carbonyl (C=O) groups excluding carboxylic acids is 2. The number of esters is 1. The highest BCUT2D eigenvalue weighted by molar-refractivity contribution is 9.11. The number of halogens is 2. The second kappa shape index (κ2) is 12.2. The highest BCUT2D eigenvalue weighted by Gasteiger charge is 2.37. The van der Waals surface area contributed by atoms with Crippen LogP contribution in [0.15, 0.2) is 50.2 Å². The third kappa shape index (κ3) is 7.60. The normalized spacial score (nSPS) is 12.2. The Morgan fingerprint density at radius 3 is 2.47 bits per heavy atom. The van der Waals surface area contributed by atoms with Crippen LogP contribution in [-0.2, 0) is 14.3 Å². The molecule has 0 saturated carbocycles. The first-order valence-corrected chi connectivity index (χ1v) is 13.1. The SMILES string of the molecule is CSc1ccc(NC(=O)O[C@H](c2cc(Br)cc(Br)c2O)C(C)(C)CCOC(=O)CS)cc1. The van der Waals surface area contributed by atoms with Gasteiger partial charge in [-0.3, -0.25) is 10.1 Å². The van der Waals surface area contributed by atoms with Crippen molar-refractivity contribution in [2.75, 3.05) is 23.9 Å². The number of anilines is 1. The van der Waals surface area contributed by atoms with Gasteiger partial charge in [0.1, 0.15) is 11.9 Å². The molecule has 0 aliphatic carbocycles. The quantitative estimate of drug-likeness (QED) is 0.165. The Kier molecular flexibility index (Phi) is 10.3. The summed E-state index contributed by atoms with van der Waals surface area (Å²) in [6.45, 7) is 3.88. The summed E-state index contributed by atoms with van der Waals surface area (Å²) < 4.78 is 12.1. The van der Waals surface area contributed by atoms with Crippen molar-refractivity contribution < 1.29 is 24.2 Å². The van der Waals surface area contributed by atoms with Crippen LogP contribution < -0.4 is 5.32 Å². The number of thioether (sulfide) groups is 1. The Labute approximate surface area is 214 Å². The Balaban J connectivity index is 2.28. The van der Waals surface area contributed by atoms with E-state index in [-0.39, 0.29) is 18.1 Å². The van der Waals surface area contributed by atoms with Crippen LogP contribution in [0.1, 0.15) is 31.9 Å².